The maximum Gasteiger partial charge on any atom is 0.240 e. The zero-order chi connectivity index (χ0) is 17.6. The maximum atomic E-state index is 12.8. The number of nitrogens with zero attached hydrogens (tertiary/aromatic N) is 2. The van der Waals surface area contributed by atoms with Crippen LogP contribution in [0.15, 0.2) is 48.5 Å². The minimum atomic E-state index is -0.326. The van der Waals surface area contributed by atoms with E-state index in [1.54, 1.807) is 4.57 Å². The number of hydrogen-bond donors (Lipinski definition) is 2. The molecule has 0 bridgehead atoms. The average Bonchev–Trinajstić information content (AvgIpc) is 2.98. The molecule has 6 nitrogen and oxygen atoms in total. The van der Waals surface area contributed by atoms with Crippen molar-refractivity contribution in [2.45, 2.75) is 13.2 Å². The van der Waals surface area contributed by atoms with Gasteiger partial charge in [0.25, 0.3) is 0 Å². The van der Waals surface area contributed by atoms with Crippen LogP contribution in [0.3, 0.4) is 0 Å². The summed E-state index contributed by atoms with van der Waals surface area (Å²) < 4.78 is 19.9. The number of aliphatic hydroxyl groups is 1. The molecule has 0 fully saturated rings. The first-order chi connectivity index (χ1) is 12.2. The predicted octanol–water partition coefficient (Wildman–Crippen LogP) is 1.86. The molecule has 0 radical (unpaired) electrons. The number of aliphatic hydroxyl groups excluding tert-OH is 1. The quantitative estimate of drug-likeness (QED) is 0.642. The van der Waals surface area contributed by atoms with Crippen molar-refractivity contribution in [3.63, 3.8) is 0 Å². The molecule has 0 atom stereocenters. The molecule has 2 N–H and O–H groups in total. The first-order valence-electron chi connectivity index (χ1n) is 7.87. The lowest BCUT2D eigenvalue weighted by Crippen LogP contribution is -2.31. The summed E-state index contributed by atoms with van der Waals surface area (Å²) in [4.78, 5) is 16.4. The van der Waals surface area contributed by atoms with E-state index in [2.05, 4.69) is 10.3 Å². The Morgan fingerprint density at radius 1 is 1.20 bits per heavy atom. The van der Waals surface area contributed by atoms with Crippen molar-refractivity contribution < 1.29 is 19.0 Å². The van der Waals surface area contributed by atoms with Crippen LogP contribution in [-0.2, 0) is 17.9 Å². The molecule has 3 aromatic rings. The number of hydrogen-bond acceptors (Lipinski definition) is 4. The highest BCUT2D eigenvalue weighted by molar-refractivity contribution is 5.81. The van der Waals surface area contributed by atoms with Gasteiger partial charge in [0.2, 0.25) is 5.91 Å². The fraction of sp³-hybridized carbons (Fsp3) is 0.222. The second kappa shape index (κ2) is 7.76. The van der Waals surface area contributed by atoms with Gasteiger partial charge in [-0.2, -0.15) is 0 Å². The second-order valence-electron chi connectivity index (χ2n) is 5.41. The van der Waals surface area contributed by atoms with Gasteiger partial charge < -0.3 is 19.7 Å². The van der Waals surface area contributed by atoms with E-state index in [1.165, 1.54) is 24.3 Å². The molecule has 0 saturated heterocycles. The number of nitrogens with one attached hydrogen (secondary N) is 1. The third kappa shape index (κ3) is 4.13. The molecule has 1 amide bonds. The summed E-state index contributed by atoms with van der Waals surface area (Å²) in [6, 6.07) is 13.1. The van der Waals surface area contributed by atoms with Gasteiger partial charge >= 0.3 is 0 Å². The number of carbonyl (C=O) groups excluding carboxylic acids is 1. The Morgan fingerprint density at radius 3 is 2.72 bits per heavy atom. The van der Waals surface area contributed by atoms with Crippen molar-refractivity contribution in [2.24, 2.45) is 0 Å². The minimum Gasteiger partial charge on any atom is -0.492 e. The summed E-state index contributed by atoms with van der Waals surface area (Å²) in [6.45, 7) is 0.412. The van der Waals surface area contributed by atoms with E-state index < -0.39 is 0 Å². The molecule has 0 saturated carbocycles. The van der Waals surface area contributed by atoms with Crippen LogP contribution in [0.5, 0.6) is 5.75 Å². The Kier molecular flexibility index (Phi) is 5.25. The molecule has 0 aliphatic heterocycles. The van der Waals surface area contributed by atoms with Crippen LogP contribution in [0.4, 0.5) is 4.39 Å². The van der Waals surface area contributed by atoms with Crippen molar-refractivity contribution in [2.75, 3.05) is 13.2 Å². The Balaban J connectivity index is 1.53. The zero-order valence-electron chi connectivity index (χ0n) is 13.5. The molecule has 0 aliphatic rings. The molecule has 130 valence electrons. The highest BCUT2D eigenvalue weighted by atomic mass is 19.1. The molecule has 2 aromatic carbocycles. The van der Waals surface area contributed by atoms with Crippen LogP contribution in [0.2, 0.25) is 0 Å². The van der Waals surface area contributed by atoms with Gasteiger partial charge in [-0.05, 0) is 36.4 Å². The predicted molar refractivity (Wildman–Crippen MR) is 90.6 cm³/mol. The normalized spacial score (nSPS) is 10.8. The van der Waals surface area contributed by atoms with E-state index in [4.69, 9.17) is 4.74 Å². The van der Waals surface area contributed by atoms with Gasteiger partial charge in [0.05, 0.1) is 17.6 Å². The van der Waals surface area contributed by atoms with Crippen LogP contribution in [0.25, 0.3) is 11.0 Å². The summed E-state index contributed by atoms with van der Waals surface area (Å²) in [5.41, 5.74) is 1.53. The molecule has 0 unspecified atom stereocenters. The monoisotopic (exact) mass is 343 g/mol. The zero-order valence-corrected chi connectivity index (χ0v) is 13.5. The van der Waals surface area contributed by atoms with Crippen LogP contribution >= 0.6 is 0 Å². The Bertz CT molecular complexity index is 862. The Morgan fingerprint density at radius 2 is 1.96 bits per heavy atom. The standard InChI is InChI=1S/C18H18FN3O3/c19-13-5-7-14(8-6-13)25-10-9-20-18(24)11-22-16-4-2-1-3-15(16)21-17(22)12-23/h1-8,23H,9-12H2,(H,20,24). The molecule has 25 heavy (non-hydrogen) atoms. The molecular weight excluding hydrogens is 325 g/mol. The summed E-state index contributed by atoms with van der Waals surface area (Å²) in [6.07, 6.45) is 0. The third-order valence-corrected chi connectivity index (χ3v) is 3.68. The topological polar surface area (TPSA) is 76.4 Å². The van der Waals surface area contributed by atoms with E-state index in [-0.39, 0.29) is 31.5 Å². The largest absolute Gasteiger partial charge is 0.492 e. The van der Waals surface area contributed by atoms with Crippen molar-refractivity contribution >= 4 is 16.9 Å². The number of para-hydroxylation sites is 2. The van der Waals surface area contributed by atoms with E-state index in [0.29, 0.717) is 18.1 Å². The fourth-order valence-corrected chi connectivity index (χ4v) is 2.51. The van der Waals surface area contributed by atoms with Gasteiger partial charge in [0.1, 0.15) is 37.1 Å². The lowest BCUT2D eigenvalue weighted by Gasteiger charge is -2.10. The SMILES string of the molecule is O=C(Cn1c(CO)nc2ccccc21)NCCOc1ccc(F)cc1. The molecule has 0 aliphatic carbocycles. The number of imidazole rings is 1. The Labute approximate surface area is 143 Å². The third-order valence-electron chi connectivity index (χ3n) is 3.68. The van der Waals surface area contributed by atoms with E-state index in [1.807, 2.05) is 24.3 Å². The molecule has 0 spiro atoms. The number of benzene rings is 2. The van der Waals surface area contributed by atoms with Crippen LogP contribution < -0.4 is 10.1 Å². The Hall–Kier alpha value is -2.93. The molecule has 1 aromatic heterocycles. The van der Waals surface area contributed by atoms with Crippen molar-refractivity contribution in [3.05, 3.63) is 60.2 Å². The summed E-state index contributed by atoms with van der Waals surface area (Å²) in [7, 11) is 0. The number of ether oxygens (including phenoxy) is 1. The number of fused-ring (bicyclic) bond motifs is 1. The first kappa shape index (κ1) is 16.9. The van der Waals surface area contributed by atoms with Crippen molar-refractivity contribution in [1.29, 1.82) is 0 Å². The van der Waals surface area contributed by atoms with E-state index in [9.17, 15) is 14.3 Å². The van der Waals surface area contributed by atoms with E-state index in [0.717, 1.165) is 11.0 Å². The smallest absolute Gasteiger partial charge is 0.240 e. The fourth-order valence-electron chi connectivity index (χ4n) is 2.51. The summed E-state index contributed by atoms with van der Waals surface area (Å²) >= 11 is 0. The molecule has 7 heteroatoms. The lowest BCUT2D eigenvalue weighted by atomic mass is 10.3. The van der Waals surface area contributed by atoms with Crippen LogP contribution in [0, 0.1) is 5.82 Å². The summed E-state index contributed by atoms with van der Waals surface area (Å²) in [5.74, 6) is 0.450. The van der Waals surface area contributed by atoms with Crippen molar-refractivity contribution in [1.82, 2.24) is 14.9 Å². The van der Waals surface area contributed by atoms with Gasteiger partial charge in [0.15, 0.2) is 0 Å². The van der Waals surface area contributed by atoms with Crippen molar-refractivity contribution in [3.8, 4) is 5.75 Å². The number of amides is 1. The number of carbonyl (C=O) groups is 1. The van der Waals surface area contributed by atoms with E-state index >= 15 is 0 Å². The number of halogens is 1. The number of aromatic nitrogens is 2. The van der Waals surface area contributed by atoms with Gasteiger partial charge in [-0.25, -0.2) is 9.37 Å². The second-order valence-corrected chi connectivity index (χ2v) is 5.41. The molecular formula is C18H18FN3O3. The maximum absolute atomic E-state index is 12.8. The number of rotatable bonds is 7. The molecule has 1 heterocycles. The average molecular weight is 343 g/mol. The van der Waals surface area contributed by atoms with Gasteiger partial charge in [0, 0.05) is 0 Å². The van der Waals surface area contributed by atoms with Gasteiger partial charge in [-0.15, -0.1) is 0 Å². The molecule has 3 rings (SSSR count). The van der Waals surface area contributed by atoms with Gasteiger partial charge in [-0.1, -0.05) is 12.1 Å². The minimum absolute atomic E-state index is 0.0625. The van der Waals surface area contributed by atoms with Gasteiger partial charge in [-0.3, -0.25) is 4.79 Å². The summed E-state index contributed by atoms with van der Waals surface area (Å²) in [5, 5.41) is 12.2. The van der Waals surface area contributed by atoms with Crippen LogP contribution in [0.1, 0.15) is 5.82 Å². The lowest BCUT2D eigenvalue weighted by molar-refractivity contribution is -0.121. The van der Waals surface area contributed by atoms with Crippen LogP contribution in [-0.4, -0.2) is 33.7 Å². The highest BCUT2D eigenvalue weighted by Crippen LogP contribution is 2.16. The first-order valence-corrected chi connectivity index (χ1v) is 7.87. The highest BCUT2D eigenvalue weighted by Gasteiger charge is 2.12.